The van der Waals surface area contributed by atoms with Crippen molar-refractivity contribution in [3.05, 3.63) is 11.1 Å². The first-order valence-electron chi connectivity index (χ1n) is 8.22. The van der Waals surface area contributed by atoms with Crippen LogP contribution in [0.2, 0.25) is 0 Å². The van der Waals surface area contributed by atoms with Crippen molar-refractivity contribution in [2.45, 2.75) is 58.4 Å². The molecular weight excluding hydrogens is 266 g/mol. The van der Waals surface area contributed by atoms with Gasteiger partial charge in [-0.1, -0.05) is 19.8 Å². The Bertz CT molecular complexity index is 413. The summed E-state index contributed by atoms with van der Waals surface area (Å²) < 4.78 is 0. The van der Waals surface area contributed by atoms with E-state index >= 15 is 0 Å². The fourth-order valence-corrected chi connectivity index (χ4v) is 4.64. The second kappa shape index (κ2) is 6.44. The van der Waals surface area contributed by atoms with Gasteiger partial charge in [0.2, 0.25) is 0 Å². The molecule has 1 N–H and O–H groups in total. The third-order valence-electron chi connectivity index (χ3n) is 5.03. The molecule has 2 fully saturated rings. The third-order valence-corrected chi connectivity index (χ3v) is 6.08. The number of hydrogen-bond donors (Lipinski definition) is 1. The molecule has 1 saturated heterocycles. The molecule has 1 aromatic heterocycles. The highest BCUT2D eigenvalue weighted by molar-refractivity contribution is 7.15. The van der Waals surface area contributed by atoms with Gasteiger partial charge in [-0.15, -0.1) is 11.3 Å². The van der Waals surface area contributed by atoms with E-state index in [1.807, 2.05) is 11.3 Å². The Balaban J connectivity index is 1.52. The monoisotopic (exact) mass is 293 g/mol. The van der Waals surface area contributed by atoms with E-state index < -0.39 is 0 Å². The smallest absolute Gasteiger partial charge is 0.185 e. The zero-order valence-corrected chi connectivity index (χ0v) is 13.5. The van der Waals surface area contributed by atoms with Crippen molar-refractivity contribution in [3.63, 3.8) is 0 Å². The Labute approximate surface area is 126 Å². The lowest BCUT2D eigenvalue weighted by atomic mass is 9.77. The summed E-state index contributed by atoms with van der Waals surface area (Å²) in [5.74, 6) is 0. The van der Waals surface area contributed by atoms with Gasteiger partial charge in [-0.25, -0.2) is 4.98 Å². The van der Waals surface area contributed by atoms with Gasteiger partial charge in [0.1, 0.15) is 0 Å². The van der Waals surface area contributed by atoms with E-state index in [0.717, 1.165) is 13.1 Å². The summed E-state index contributed by atoms with van der Waals surface area (Å²) in [6, 6.07) is 0. The summed E-state index contributed by atoms with van der Waals surface area (Å²) in [5, 5.41) is 4.70. The molecule has 112 valence electrons. The second-order valence-electron chi connectivity index (χ2n) is 6.48. The van der Waals surface area contributed by atoms with Gasteiger partial charge in [0.25, 0.3) is 0 Å². The van der Waals surface area contributed by atoms with Crippen molar-refractivity contribution < 1.29 is 0 Å². The van der Waals surface area contributed by atoms with Crippen LogP contribution >= 0.6 is 11.3 Å². The highest BCUT2D eigenvalue weighted by Crippen LogP contribution is 2.46. The van der Waals surface area contributed by atoms with Crippen LogP contribution in [0.5, 0.6) is 0 Å². The average Bonchev–Trinajstić information content (AvgIpc) is 3.11. The molecule has 2 heterocycles. The predicted octanol–water partition coefficient (Wildman–Crippen LogP) is 3.80. The van der Waals surface area contributed by atoms with Crippen molar-refractivity contribution in [2.75, 3.05) is 24.5 Å². The molecule has 0 unspecified atom stereocenters. The molecule has 4 heteroatoms. The van der Waals surface area contributed by atoms with Gasteiger partial charge in [-0.3, -0.25) is 0 Å². The van der Waals surface area contributed by atoms with Gasteiger partial charge in [-0.05, 0) is 44.1 Å². The van der Waals surface area contributed by atoms with Gasteiger partial charge in [0, 0.05) is 30.7 Å². The molecular formula is C16H27N3S. The maximum atomic E-state index is 4.64. The van der Waals surface area contributed by atoms with Crippen LogP contribution in [0.25, 0.3) is 0 Å². The van der Waals surface area contributed by atoms with Gasteiger partial charge >= 0.3 is 0 Å². The van der Waals surface area contributed by atoms with Crippen LogP contribution in [0.4, 0.5) is 5.13 Å². The largest absolute Gasteiger partial charge is 0.348 e. The van der Waals surface area contributed by atoms with Crippen LogP contribution in [-0.2, 0) is 6.54 Å². The topological polar surface area (TPSA) is 28.2 Å². The summed E-state index contributed by atoms with van der Waals surface area (Å²) in [6.07, 6.45) is 11.9. The maximum Gasteiger partial charge on any atom is 0.185 e. The Kier molecular flexibility index (Phi) is 4.61. The number of aromatic nitrogens is 1. The molecule has 1 saturated carbocycles. The summed E-state index contributed by atoms with van der Waals surface area (Å²) in [7, 11) is 0. The number of nitrogens with zero attached hydrogens (tertiary/aromatic N) is 2. The van der Waals surface area contributed by atoms with Gasteiger partial charge in [0.15, 0.2) is 5.13 Å². The van der Waals surface area contributed by atoms with Gasteiger partial charge in [0.05, 0.1) is 0 Å². The Morgan fingerprint density at radius 3 is 2.70 bits per heavy atom. The van der Waals surface area contributed by atoms with E-state index in [1.165, 1.54) is 68.0 Å². The summed E-state index contributed by atoms with van der Waals surface area (Å²) in [4.78, 5) is 8.52. The highest BCUT2D eigenvalue weighted by atomic mass is 32.1. The van der Waals surface area contributed by atoms with E-state index in [4.69, 9.17) is 0 Å². The summed E-state index contributed by atoms with van der Waals surface area (Å²) in [5.41, 5.74) is 0.708. The zero-order valence-electron chi connectivity index (χ0n) is 12.7. The Hall–Kier alpha value is -0.610. The molecule has 1 aliphatic carbocycles. The van der Waals surface area contributed by atoms with E-state index in [2.05, 4.69) is 28.3 Å². The van der Waals surface area contributed by atoms with Crippen molar-refractivity contribution in [1.82, 2.24) is 10.3 Å². The van der Waals surface area contributed by atoms with E-state index in [0.29, 0.717) is 5.41 Å². The van der Waals surface area contributed by atoms with E-state index in [9.17, 15) is 0 Å². The SMILES string of the molecule is CCCNCc1cnc(N2CCC3(CCCC3)CC2)s1. The molecule has 0 bridgehead atoms. The molecule has 3 nitrogen and oxygen atoms in total. The lowest BCUT2D eigenvalue weighted by Gasteiger charge is -2.39. The minimum Gasteiger partial charge on any atom is -0.348 e. The fourth-order valence-electron chi connectivity index (χ4n) is 3.71. The Morgan fingerprint density at radius 1 is 1.25 bits per heavy atom. The molecule has 3 rings (SSSR count). The van der Waals surface area contributed by atoms with Crippen LogP contribution in [-0.4, -0.2) is 24.6 Å². The van der Waals surface area contributed by atoms with Gasteiger partial charge in [-0.2, -0.15) is 0 Å². The van der Waals surface area contributed by atoms with E-state index in [-0.39, 0.29) is 0 Å². The fraction of sp³-hybridized carbons (Fsp3) is 0.812. The van der Waals surface area contributed by atoms with Crippen LogP contribution in [0.3, 0.4) is 0 Å². The number of nitrogens with one attached hydrogen (secondary N) is 1. The molecule has 1 spiro atoms. The first-order valence-corrected chi connectivity index (χ1v) is 9.03. The number of piperidine rings is 1. The molecule has 0 atom stereocenters. The molecule has 1 aliphatic heterocycles. The molecule has 20 heavy (non-hydrogen) atoms. The molecule has 0 aromatic carbocycles. The first kappa shape index (κ1) is 14.3. The zero-order chi connectivity index (χ0) is 13.8. The van der Waals surface area contributed by atoms with Crippen molar-refractivity contribution in [1.29, 1.82) is 0 Å². The lowest BCUT2D eigenvalue weighted by molar-refractivity contribution is 0.226. The highest BCUT2D eigenvalue weighted by Gasteiger charge is 2.37. The van der Waals surface area contributed by atoms with Crippen LogP contribution in [0, 0.1) is 5.41 Å². The van der Waals surface area contributed by atoms with Crippen molar-refractivity contribution >= 4 is 16.5 Å². The second-order valence-corrected chi connectivity index (χ2v) is 7.57. The quantitative estimate of drug-likeness (QED) is 0.837. The maximum absolute atomic E-state index is 4.64. The lowest BCUT2D eigenvalue weighted by Crippen LogP contribution is -2.38. The number of rotatable bonds is 5. The molecule has 2 aliphatic rings. The third kappa shape index (κ3) is 3.17. The van der Waals surface area contributed by atoms with Crippen LogP contribution in [0.15, 0.2) is 6.20 Å². The van der Waals surface area contributed by atoms with Crippen LogP contribution in [0.1, 0.15) is 56.7 Å². The minimum atomic E-state index is 0.708. The molecule has 0 radical (unpaired) electrons. The van der Waals surface area contributed by atoms with Gasteiger partial charge < -0.3 is 10.2 Å². The van der Waals surface area contributed by atoms with Crippen molar-refractivity contribution in [3.8, 4) is 0 Å². The normalized spacial score (nSPS) is 21.8. The van der Waals surface area contributed by atoms with Crippen molar-refractivity contribution in [2.24, 2.45) is 5.41 Å². The summed E-state index contributed by atoms with van der Waals surface area (Å²) >= 11 is 1.87. The van der Waals surface area contributed by atoms with Crippen LogP contribution < -0.4 is 10.2 Å². The standard InChI is InChI=1S/C16H27N3S/c1-2-9-17-12-14-13-18-15(20-14)19-10-7-16(8-11-19)5-3-4-6-16/h13,17H,2-12H2,1H3. The van der Waals surface area contributed by atoms with E-state index in [1.54, 1.807) is 0 Å². The number of anilines is 1. The first-order chi connectivity index (χ1) is 9.81. The number of thiazole rings is 1. The molecule has 1 aromatic rings. The number of hydrogen-bond acceptors (Lipinski definition) is 4. The predicted molar refractivity (Wildman–Crippen MR) is 86.5 cm³/mol. The Morgan fingerprint density at radius 2 is 2.00 bits per heavy atom. The minimum absolute atomic E-state index is 0.708. The average molecular weight is 293 g/mol. The molecule has 0 amide bonds. The summed E-state index contributed by atoms with van der Waals surface area (Å²) in [6.45, 7) is 6.71.